The van der Waals surface area contributed by atoms with E-state index in [1.807, 2.05) is 26.4 Å². The van der Waals surface area contributed by atoms with Gasteiger partial charge in [-0.3, -0.25) is 4.68 Å². The van der Waals surface area contributed by atoms with Crippen molar-refractivity contribution in [2.75, 3.05) is 20.8 Å². The van der Waals surface area contributed by atoms with Gasteiger partial charge in [-0.05, 0) is 25.1 Å². The molecule has 6 heteroatoms. The van der Waals surface area contributed by atoms with Crippen molar-refractivity contribution in [1.29, 1.82) is 0 Å². The number of rotatable bonds is 7. The standard InChI is InChI=1S/C16H23N3O3/c1-11(12-8-18-19(2)10-12)17-9-15(20)14-7-13(21-3)5-6-16(14)22-4/h5-8,10-11,15,17,20H,9H2,1-4H3. The van der Waals surface area contributed by atoms with Gasteiger partial charge in [-0.2, -0.15) is 5.10 Å². The van der Waals surface area contributed by atoms with Crippen molar-refractivity contribution < 1.29 is 14.6 Å². The largest absolute Gasteiger partial charge is 0.497 e. The quantitative estimate of drug-likeness (QED) is 0.816. The maximum Gasteiger partial charge on any atom is 0.124 e. The first-order valence-corrected chi connectivity index (χ1v) is 7.17. The summed E-state index contributed by atoms with van der Waals surface area (Å²) in [5, 5.41) is 17.9. The Morgan fingerprint density at radius 2 is 2.09 bits per heavy atom. The first-order valence-electron chi connectivity index (χ1n) is 7.17. The molecule has 0 aliphatic heterocycles. The molecule has 0 spiro atoms. The lowest BCUT2D eigenvalue weighted by Gasteiger charge is -2.19. The van der Waals surface area contributed by atoms with Gasteiger partial charge < -0.3 is 19.9 Å². The summed E-state index contributed by atoms with van der Waals surface area (Å²) in [4.78, 5) is 0. The molecule has 0 saturated carbocycles. The molecule has 0 aliphatic rings. The van der Waals surface area contributed by atoms with Crippen LogP contribution < -0.4 is 14.8 Å². The lowest BCUT2D eigenvalue weighted by molar-refractivity contribution is 0.166. The highest BCUT2D eigenvalue weighted by Gasteiger charge is 2.16. The number of nitrogens with one attached hydrogen (secondary N) is 1. The Bertz CT molecular complexity index is 612. The minimum Gasteiger partial charge on any atom is -0.497 e. The SMILES string of the molecule is COc1ccc(OC)c(C(O)CNC(C)c2cnn(C)c2)c1. The second kappa shape index (κ2) is 7.29. The Morgan fingerprint density at radius 3 is 2.68 bits per heavy atom. The smallest absolute Gasteiger partial charge is 0.124 e. The topological polar surface area (TPSA) is 68.5 Å². The van der Waals surface area contributed by atoms with Crippen LogP contribution in [0, 0.1) is 0 Å². The molecule has 0 aliphatic carbocycles. The number of ether oxygens (including phenoxy) is 2. The van der Waals surface area contributed by atoms with Gasteiger partial charge in [-0.1, -0.05) is 0 Å². The maximum absolute atomic E-state index is 10.4. The van der Waals surface area contributed by atoms with E-state index in [9.17, 15) is 5.11 Å². The minimum absolute atomic E-state index is 0.0972. The molecule has 0 fully saturated rings. The highest BCUT2D eigenvalue weighted by Crippen LogP contribution is 2.29. The molecule has 6 nitrogen and oxygen atoms in total. The predicted molar refractivity (Wildman–Crippen MR) is 84.1 cm³/mol. The molecular formula is C16H23N3O3. The van der Waals surface area contributed by atoms with Crippen LogP contribution in [0.3, 0.4) is 0 Å². The first-order chi connectivity index (χ1) is 10.5. The van der Waals surface area contributed by atoms with Gasteiger partial charge in [0.25, 0.3) is 0 Å². The fourth-order valence-corrected chi connectivity index (χ4v) is 2.28. The van der Waals surface area contributed by atoms with Gasteiger partial charge in [0.05, 0.1) is 26.5 Å². The number of aryl methyl sites for hydroxylation is 1. The minimum atomic E-state index is -0.691. The molecule has 0 radical (unpaired) electrons. The van der Waals surface area contributed by atoms with Crippen molar-refractivity contribution in [1.82, 2.24) is 15.1 Å². The maximum atomic E-state index is 10.4. The fraction of sp³-hybridized carbons (Fsp3) is 0.438. The Morgan fingerprint density at radius 1 is 1.32 bits per heavy atom. The molecule has 2 rings (SSSR count). The van der Waals surface area contributed by atoms with Gasteiger partial charge in [-0.25, -0.2) is 0 Å². The molecule has 2 aromatic rings. The molecule has 0 saturated heterocycles. The molecule has 0 amide bonds. The van der Waals surface area contributed by atoms with Crippen LogP contribution in [-0.2, 0) is 7.05 Å². The van der Waals surface area contributed by atoms with Gasteiger partial charge in [0, 0.05) is 37.0 Å². The van der Waals surface area contributed by atoms with Crippen molar-refractivity contribution in [2.45, 2.75) is 19.1 Å². The Hall–Kier alpha value is -2.05. The van der Waals surface area contributed by atoms with Crippen molar-refractivity contribution in [3.63, 3.8) is 0 Å². The summed E-state index contributed by atoms with van der Waals surface area (Å²) in [5.41, 5.74) is 1.78. The van der Waals surface area contributed by atoms with E-state index < -0.39 is 6.10 Å². The first kappa shape index (κ1) is 16.3. The molecule has 1 heterocycles. The zero-order valence-electron chi connectivity index (χ0n) is 13.4. The highest BCUT2D eigenvalue weighted by molar-refractivity contribution is 5.41. The molecule has 22 heavy (non-hydrogen) atoms. The van der Waals surface area contributed by atoms with Crippen LogP contribution in [0.2, 0.25) is 0 Å². The third-order valence-corrected chi connectivity index (χ3v) is 3.64. The van der Waals surface area contributed by atoms with E-state index in [0.717, 1.165) is 5.56 Å². The number of aromatic nitrogens is 2. The highest BCUT2D eigenvalue weighted by atomic mass is 16.5. The van der Waals surface area contributed by atoms with Crippen LogP contribution >= 0.6 is 0 Å². The summed E-state index contributed by atoms with van der Waals surface area (Å²) in [6.45, 7) is 2.44. The average molecular weight is 305 g/mol. The number of aliphatic hydroxyl groups is 1. The summed E-state index contributed by atoms with van der Waals surface area (Å²) in [7, 11) is 5.07. The zero-order chi connectivity index (χ0) is 16.1. The van der Waals surface area contributed by atoms with Gasteiger partial charge in [-0.15, -0.1) is 0 Å². The summed E-state index contributed by atoms with van der Waals surface area (Å²) >= 11 is 0. The number of nitrogens with zero attached hydrogens (tertiary/aromatic N) is 2. The Labute approximate surface area is 130 Å². The molecule has 2 N–H and O–H groups in total. The van der Waals surface area contributed by atoms with Gasteiger partial charge in [0.15, 0.2) is 0 Å². The Kier molecular flexibility index (Phi) is 5.41. The number of hydrogen-bond donors (Lipinski definition) is 2. The summed E-state index contributed by atoms with van der Waals surface area (Å²) in [5.74, 6) is 1.33. The van der Waals surface area contributed by atoms with Gasteiger partial charge >= 0.3 is 0 Å². The summed E-state index contributed by atoms with van der Waals surface area (Å²) < 4.78 is 12.3. The van der Waals surface area contributed by atoms with Crippen LogP contribution in [0.5, 0.6) is 11.5 Å². The molecule has 1 aromatic heterocycles. The predicted octanol–water partition coefficient (Wildman–Crippen LogP) is 1.82. The van der Waals surface area contributed by atoms with Crippen LogP contribution in [-0.4, -0.2) is 35.7 Å². The van der Waals surface area contributed by atoms with Crippen LogP contribution in [0.1, 0.15) is 30.2 Å². The second-order valence-electron chi connectivity index (χ2n) is 5.20. The zero-order valence-corrected chi connectivity index (χ0v) is 13.4. The van der Waals surface area contributed by atoms with Crippen molar-refractivity contribution >= 4 is 0 Å². The van der Waals surface area contributed by atoms with E-state index in [0.29, 0.717) is 23.6 Å². The lowest BCUT2D eigenvalue weighted by atomic mass is 10.1. The van der Waals surface area contributed by atoms with E-state index in [2.05, 4.69) is 10.4 Å². The van der Waals surface area contributed by atoms with Crippen molar-refractivity contribution in [3.8, 4) is 11.5 Å². The van der Waals surface area contributed by atoms with Crippen LogP contribution in [0.25, 0.3) is 0 Å². The fourth-order valence-electron chi connectivity index (χ4n) is 2.28. The molecule has 1 aromatic carbocycles. The number of hydrogen-bond acceptors (Lipinski definition) is 5. The van der Waals surface area contributed by atoms with E-state index >= 15 is 0 Å². The van der Waals surface area contributed by atoms with E-state index in [-0.39, 0.29) is 6.04 Å². The second-order valence-corrected chi connectivity index (χ2v) is 5.20. The van der Waals surface area contributed by atoms with Crippen molar-refractivity contribution in [2.24, 2.45) is 7.05 Å². The molecule has 120 valence electrons. The normalized spacial score (nSPS) is 13.7. The van der Waals surface area contributed by atoms with E-state index in [4.69, 9.17) is 9.47 Å². The molecule has 0 bridgehead atoms. The molecule has 2 unspecified atom stereocenters. The number of methoxy groups -OCH3 is 2. The van der Waals surface area contributed by atoms with Crippen LogP contribution in [0.4, 0.5) is 0 Å². The third-order valence-electron chi connectivity index (χ3n) is 3.64. The van der Waals surface area contributed by atoms with Crippen LogP contribution in [0.15, 0.2) is 30.6 Å². The average Bonchev–Trinajstić information content (AvgIpc) is 2.98. The monoisotopic (exact) mass is 305 g/mol. The summed E-state index contributed by atoms with van der Waals surface area (Å²) in [6, 6.07) is 5.49. The van der Waals surface area contributed by atoms with E-state index in [1.54, 1.807) is 37.1 Å². The number of benzene rings is 1. The third kappa shape index (κ3) is 3.78. The number of aliphatic hydroxyl groups excluding tert-OH is 1. The Balaban J connectivity index is 2.04. The van der Waals surface area contributed by atoms with Gasteiger partial charge in [0.1, 0.15) is 11.5 Å². The summed E-state index contributed by atoms with van der Waals surface area (Å²) in [6.07, 6.45) is 3.08. The van der Waals surface area contributed by atoms with Crippen molar-refractivity contribution in [3.05, 3.63) is 41.7 Å². The van der Waals surface area contributed by atoms with Gasteiger partial charge in [0.2, 0.25) is 0 Å². The van der Waals surface area contributed by atoms with E-state index in [1.165, 1.54) is 0 Å². The lowest BCUT2D eigenvalue weighted by Crippen LogP contribution is -2.24. The molecule has 2 atom stereocenters. The molecular weight excluding hydrogens is 282 g/mol.